The molecule has 1 N–H and O–H groups in total. The van der Waals surface area contributed by atoms with Crippen molar-refractivity contribution >= 4 is 17.0 Å². The monoisotopic (exact) mass is 332 g/mol. The molecule has 0 radical (unpaired) electrons. The molecule has 0 unspecified atom stereocenters. The number of nitrogens with zero attached hydrogens (tertiary/aromatic N) is 1. The van der Waals surface area contributed by atoms with Crippen LogP contribution in [0.4, 0.5) is 0 Å². The van der Waals surface area contributed by atoms with Crippen molar-refractivity contribution in [3.05, 3.63) is 70.8 Å². The average molecular weight is 332 g/mol. The molecule has 0 saturated heterocycles. The Bertz CT molecular complexity index is 854. The Balaban J connectivity index is 2.00. The van der Waals surface area contributed by atoms with E-state index in [-0.39, 0.29) is 5.41 Å². The highest BCUT2D eigenvalue weighted by atomic mass is 15.0. The van der Waals surface area contributed by atoms with E-state index in [9.17, 15) is 0 Å². The summed E-state index contributed by atoms with van der Waals surface area (Å²) in [4.78, 5) is 2.23. The molecule has 3 rings (SSSR count). The Morgan fingerprint density at radius 2 is 1.88 bits per heavy atom. The number of likely N-dealkylation sites (N-methyl/N-ethyl adjacent to an activating group) is 1. The van der Waals surface area contributed by atoms with Crippen LogP contribution in [0, 0.1) is 5.41 Å². The van der Waals surface area contributed by atoms with Crippen molar-refractivity contribution in [1.29, 1.82) is 5.41 Å². The Hall–Kier alpha value is -2.19. The van der Waals surface area contributed by atoms with E-state index in [1.54, 1.807) is 0 Å². The van der Waals surface area contributed by atoms with E-state index >= 15 is 0 Å². The normalized spacial score (nSPS) is 14.8. The molecular formula is C23H28N2. The van der Waals surface area contributed by atoms with Gasteiger partial charge in [0.25, 0.3) is 0 Å². The number of nitrogens with one attached hydrogen (secondary N) is 1. The van der Waals surface area contributed by atoms with Gasteiger partial charge in [-0.25, -0.2) is 0 Å². The van der Waals surface area contributed by atoms with Gasteiger partial charge in [-0.15, -0.1) is 0 Å². The van der Waals surface area contributed by atoms with Gasteiger partial charge in [-0.3, -0.25) is 0 Å². The Morgan fingerprint density at radius 3 is 2.60 bits per heavy atom. The maximum absolute atomic E-state index is 8.01. The molecule has 0 fully saturated rings. The minimum Gasteiger partial charge on any atom is -0.308 e. The van der Waals surface area contributed by atoms with E-state index in [0.717, 1.165) is 24.9 Å². The number of hydrogen-bond acceptors (Lipinski definition) is 2. The third-order valence-electron chi connectivity index (χ3n) is 5.12. The predicted molar refractivity (Wildman–Crippen MR) is 109 cm³/mol. The molecule has 2 heteroatoms. The average Bonchev–Trinajstić information content (AvgIpc) is 2.99. The maximum atomic E-state index is 8.01. The third-order valence-corrected chi connectivity index (χ3v) is 5.12. The third kappa shape index (κ3) is 3.59. The zero-order valence-electron chi connectivity index (χ0n) is 15.8. The lowest BCUT2D eigenvalue weighted by Gasteiger charge is -2.29. The molecule has 0 saturated carbocycles. The van der Waals surface area contributed by atoms with Crippen LogP contribution >= 0.6 is 0 Å². The fourth-order valence-corrected chi connectivity index (χ4v) is 3.95. The summed E-state index contributed by atoms with van der Waals surface area (Å²) in [7, 11) is 4.25. The fourth-order valence-electron chi connectivity index (χ4n) is 3.95. The molecule has 0 amide bonds. The number of rotatable bonds is 6. The molecule has 130 valence electrons. The summed E-state index contributed by atoms with van der Waals surface area (Å²) >= 11 is 0. The maximum Gasteiger partial charge on any atom is 0.0259 e. The zero-order valence-corrected chi connectivity index (χ0v) is 15.8. The number of benzene rings is 2. The zero-order chi connectivity index (χ0) is 18.0. The molecule has 2 aromatic rings. The van der Waals surface area contributed by atoms with Gasteiger partial charge in [0.15, 0.2) is 0 Å². The minimum absolute atomic E-state index is 0.00414. The van der Waals surface area contributed by atoms with Gasteiger partial charge in [0.1, 0.15) is 0 Å². The van der Waals surface area contributed by atoms with Crippen LogP contribution in [0.15, 0.2) is 59.7 Å². The molecule has 0 aliphatic heterocycles. The second-order valence-electron chi connectivity index (χ2n) is 7.93. The van der Waals surface area contributed by atoms with Gasteiger partial charge in [0.2, 0.25) is 0 Å². The van der Waals surface area contributed by atoms with Crippen LogP contribution in [-0.2, 0) is 5.41 Å². The molecule has 1 aliphatic carbocycles. The van der Waals surface area contributed by atoms with Gasteiger partial charge < -0.3 is 10.3 Å². The standard InChI is InChI=1S/C23H28N2/c1-23(2,14-18-9-7-10-19(18)16-25(3)4)22-13-12-17-8-5-6-11-20(17)21(22)15-24/h5-8,10-13,15,24H,9,14,16H2,1-4H3. The van der Waals surface area contributed by atoms with E-state index < -0.39 is 0 Å². The molecule has 2 aromatic carbocycles. The van der Waals surface area contributed by atoms with Crippen LogP contribution in [0.25, 0.3) is 10.8 Å². The lowest BCUT2D eigenvalue weighted by atomic mass is 9.75. The van der Waals surface area contributed by atoms with E-state index in [1.807, 2.05) is 0 Å². The van der Waals surface area contributed by atoms with Gasteiger partial charge in [-0.2, -0.15) is 0 Å². The van der Waals surface area contributed by atoms with E-state index in [4.69, 9.17) is 5.41 Å². The van der Waals surface area contributed by atoms with Gasteiger partial charge in [0, 0.05) is 18.3 Å². The van der Waals surface area contributed by atoms with Crippen molar-refractivity contribution in [1.82, 2.24) is 4.90 Å². The summed E-state index contributed by atoms with van der Waals surface area (Å²) in [5.41, 5.74) is 5.31. The fraction of sp³-hybridized carbons (Fsp3) is 0.348. The van der Waals surface area contributed by atoms with Gasteiger partial charge in [-0.05, 0) is 54.3 Å². The van der Waals surface area contributed by atoms with E-state index in [2.05, 4.69) is 81.4 Å². The van der Waals surface area contributed by atoms with Crippen molar-refractivity contribution in [2.75, 3.05) is 20.6 Å². The molecule has 2 nitrogen and oxygen atoms in total. The lowest BCUT2D eigenvalue weighted by molar-refractivity contribution is 0.444. The molecule has 0 atom stereocenters. The van der Waals surface area contributed by atoms with Crippen LogP contribution in [0.2, 0.25) is 0 Å². The summed E-state index contributed by atoms with van der Waals surface area (Å²) < 4.78 is 0. The summed E-state index contributed by atoms with van der Waals surface area (Å²) in [5.74, 6) is 0. The van der Waals surface area contributed by atoms with Crippen molar-refractivity contribution in [3.63, 3.8) is 0 Å². The Morgan fingerprint density at radius 1 is 1.12 bits per heavy atom. The molecule has 0 heterocycles. The molecule has 0 bridgehead atoms. The topological polar surface area (TPSA) is 27.1 Å². The van der Waals surface area contributed by atoms with Crippen LogP contribution in [0.1, 0.15) is 37.8 Å². The van der Waals surface area contributed by atoms with Crippen LogP contribution in [0.3, 0.4) is 0 Å². The first kappa shape index (κ1) is 17.6. The molecule has 0 aromatic heterocycles. The second kappa shape index (κ2) is 6.97. The molecular weight excluding hydrogens is 304 g/mol. The van der Waals surface area contributed by atoms with Gasteiger partial charge in [-0.1, -0.05) is 68.0 Å². The SMILES string of the molecule is CN(C)CC1=C(CC(C)(C)c2ccc3ccccc3c2C=N)CC=C1. The highest BCUT2D eigenvalue weighted by molar-refractivity contribution is 6.00. The first-order chi connectivity index (χ1) is 11.9. The smallest absolute Gasteiger partial charge is 0.0259 e. The van der Waals surface area contributed by atoms with Crippen molar-refractivity contribution in [2.45, 2.75) is 32.1 Å². The predicted octanol–water partition coefficient (Wildman–Crippen LogP) is 5.32. The first-order valence-corrected chi connectivity index (χ1v) is 8.97. The van der Waals surface area contributed by atoms with Crippen LogP contribution in [-0.4, -0.2) is 31.8 Å². The first-order valence-electron chi connectivity index (χ1n) is 8.97. The highest BCUT2D eigenvalue weighted by Crippen LogP contribution is 2.38. The van der Waals surface area contributed by atoms with E-state index in [1.165, 1.54) is 33.7 Å². The van der Waals surface area contributed by atoms with Gasteiger partial charge in [0.05, 0.1) is 0 Å². The number of fused-ring (bicyclic) bond motifs is 1. The van der Waals surface area contributed by atoms with Crippen molar-refractivity contribution in [3.8, 4) is 0 Å². The summed E-state index contributed by atoms with van der Waals surface area (Å²) in [6.45, 7) is 5.61. The molecule has 1 aliphatic rings. The molecule has 0 spiro atoms. The van der Waals surface area contributed by atoms with Crippen LogP contribution < -0.4 is 0 Å². The van der Waals surface area contributed by atoms with Crippen LogP contribution in [0.5, 0.6) is 0 Å². The van der Waals surface area contributed by atoms with E-state index in [0.29, 0.717) is 0 Å². The Labute approximate surface area is 151 Å². The number of allylic oxidation sites excluding steroid dienone is 2. The summed E-state index contributed by atoms with van der Waals surface area (Å²) in [6.07, 6.45) is 8.18. The second-order valence-corrected chi connectivity index (χ2v) is 7.93. The quantitative estimate of drug-likeness (QED) is 0.712. The van der Waals surface area contributed by atoms with Gasteiger partial charge >= 0.3 is 0 Å². The van der Waals surface area contributed by atoms with Crippen molar-refractivity contribution in [2.24, 2.45) is 0 Å². The molecule has 25 heavy (non-hydrogen) atoms. The summed E-state index contributed by atoms with van der Waals surface area (Å²) in [6, 6.07) is 12.8. The lowest BCUT2D eigenvalue weighted by Crippen LogP contribution is -2.22. The number of hydrogen-bond donors (Lipinski definition) is 1. The highest BCUT2D eigenvalue weighted by Gasteiger charge is 2.27. The summed E-state index contributed by atoms with van der Waals surface area (Å²) in [5, 5.41) is 10.4. The van der Waals surface area contributed by atoms with Crippen molar-refractivity contribution < 1.29 is 0 Å². The largest absolute Gasteiger partial charge is 0.308 e. The minimum atomic E-state index is -0.00414. The Kier molecular flexibility index (Phi) is 4.91.